The number of hydrogen-bond donors (Lipinski definition) is 2. The minimum atomic E-state index is -0.187. The van der Waals surface area contributed by atoms with Crippen molar-refractivity contribution in [3.63, 3.8) is 0 Å². The Morgan fingerprint density at radius 2 is 1.92 bits per heavy atom. The third-order valence-electron chi connectivity index (χ3n) is 3.87. The van der Waals surface area contributed by atoms with Gasteiger partial charge in [-0.05, 0) is 51.5 Å². The van der Waals surface area contributed by atoms with Crippen LogP contribution in [0.2, 0.25) is 0 Å². The number of morpholine rings is 1. The fourth-order valence-electron chi connectivity index (χ4n) is 2.84. The second-order valence-electron chi connectivity index (χ2n) is 6.14. The van der Waals surface area contributed by atoms with E-state index in [-0.39, 0.29) is 18.2 Å². The number of carbonyl (C=O) groups is 1. The van der Waals surface area contributed by atoms with Gasteiger partial charge in [0.1, 0.15) is 0 Å². The van der Waals surface area contributed by atoms with Gasteiger partial charge in [0.05, 0.1) is 12.2 Å². The van der Waals surface area contributed by atoms with E-state index < -0.39 is 0 Å². The van der Waals surface area contributed by atoms with Gasteiger partial charge in [-0.25, -0.2) is 4.79 Å². The first-order chi connectivity index (χ1) is 11.6. The van der Waals surface area contributed by atoms with Crippen LogP contribution in [0.15, 0.2) is 24.3 Å². The molecule has 2 N–H and O–H groups in total. The van der Waals surface area contributed by atoms with Gasteiger partial charge in [-0.3, -0.25) is 0 Å². The maximum absolute atomic E-state index is 11.8. The van der Waals surface area contributed by atoms with Crippen molar-refractivity contribution in [3.8, 4) is 0 Å². The molecule has 1 aliphatic rings. The molecule has 1 aromatic carbocycles. The fraction of sp³-hybridized carbons (Fsp3) is 0.611. The van der Waals surface area contributed by atoms with Gasteiger partial charge in [-0.2, -0.15) is 0 Å². The molecule has 0 bridgehead atoms. The quantitative estimate of drug-likeness (QED) is 0.752. The van der Waals surface area contributed by atoms with Crippen LogP contribution in [-0.2, 0) is 9.47 Å². The van der Waals surface area contributed by atoms with Crippen LogP contribution < -0.4 is 15.5 Å². The molecule has 1 fully saturated rings. The van der Waals surface area contributed by atoms with Gasteiger partial charge in [0.15, 0.2) is 0 Å². The highest BCUT2D eigenvalue weighted by Crippen LogP contribution is 2.22. The van der Waals surface area contributed by atoms with Crippen LogP contribution in [0.3, 0.4) is 0 Å². The number of hydrogen-bond acceptors (Lipinski definition) is 4. The molecule has 2 atom stereocenters. The number of urea groups is 1. The van der Waals surface area contributed by atoms with E-state index in [1.165, 1.54) is 0 Å². The zero-order chi connectivity index (χ0) is 17.4. The van der Waals surface area contributed by atoms with Crippen molar-refractivity contribution in [1.29, 1.82) is 0 Å². The Bertz CT molecular complexity index is 497. The van der Waals surface area contributed by atoms with Crippen molar-refractivity contribution in [1.82, 2.24) is 5.32 Å². The van der Waals surface area contributed by atoms with Gasteiger partial charge in [-0.15, -0.1) is 0 Å². The molecule has 24 heavy (non-hydrogen) atoms. The number of anilines is 2. The monoisotopic (exact) mass is 335 g/mol. The number of rotatable bonds is 7. The Morgan fingerprint density at radius 3 is 2.54 bits per heavy atom. The molecular formula is C18H29N3O3. The largest absolute Gasteiger partial charge is 0.382 e. The fourth-order valence-corrected chi connectivity index (χ4v) is 2.84. The normalized spacial score (nSPS) is 20.7. The number of nitrogens with zero attached hydrogens (tertiary/aromatic N) is 1. The highest BCUT2D eigenvalue weighted by molar-refractivity contribution is 5.89. The molecule has 0 saturated carbocycles. The minimum Gasteiger partial charge on any atom is -0.382 e. The molecule has 2 rings (SSSR count). The minimum absolute atomic E-state index is 0.187. The van der Waals surface area contributed by atoms with Crippen LogP contribution in [0.5, 0.6) is 0 Å². The third kappa shape index (κ3) is 6.02. The van der Waals surface area contributed by atoms with E-state index in [1.807, 2.05) is 31.2 Å². The van der Waals surface area contributed by atoms with E-state index in [4.69, 9.17) is 9.47 Å². The SMILES string of the molecule is CCOCCCNC(=O)Nc1ccc(N2C[C@H](C)O[C@@H](C)C2)cc1. The summed E-state index contributed by atoms with van der Waals surface area (Å²) >= 11 is 0. The summed E-state index contributed by atoms with van der Waals surface area (Å²) in [5, 5.41) is 5.67. The molecule has 6 heteroatoms. The number of benzene rings is 1. The first-order valence-electron chi connectivity index (χ1n) is 8.71. The van der Waals surface area contributed by atoms with Crippen molar-refractivity contribution < 1.29 is 14.3 Å². The zero-order valence-corrected chi connectivity index (χ0v) is 14.9. The Morgan fingerprint density at radius 1 is 1.25 bits per heavy atom. The van der Waals surface area contributed by atoms with Crippen LogP contribution in [0.1, 0.15) is 27.2 Å². The van der Waals surface area contributed by atoms with E-state index >= 15 is 0 Å². The van der Waals surface area contributed by atoms with Crippen LogP contribution in [0.25, 0.3) is 0 Å². The standard InChI is InChI=1S/C18H29N3O3/c1-4-23-11-5-10-19-18(22)20-16-6-8-17(9-7-16)21-12-14(2)24-15(3)13-21/h6-9,14-15H,4-5,10-13H2,1-3H3,(H2,19,20,22)/t14-,15-/m0/s1. The van der Waals surface area contributed by atoms with Crippen LogP contribution in [0, 0.1) is 0 Å². The number of nitrogens with one attached hydrogen (secondary N) is 2. The summed E-state index contributed by atoms with van der Waals surface area (Å²) in [4.78, 5) is 14.1. The molecule has 0 unspecified atom stereocenters. The molecule has 1 saturated heterocycles. The maximum Gasteiger partial charge on any atom is 0.319 e. The number of carbonyl (C=O) groups excluding carboxylic acids is 1. The zero-order valence-electron chi connectivity index (χ0n) is 14.9. The summed E-state index contributed by atoms with van der Waals surface area (Å²) < 4.78 is 11.0. The topological polar surface area (TPSA) is 62.8 Å². The molecule has 0 aromatic heterocycles. The molecule has 0 radical (unpaired) electrons. The highest BCUT2D eigenvalue weighted by Gasteiger charge is 2.22. The molecule has 1 heterocycles. The van der Waals surface area contributed by atoms with E-state index in [2.05, 4.69) is 29.4 Å². The van der Waals surface area contributed by atoms with Gasteiger partial charge >= 0.3 is 6.03 Å². The lowest BCUT2D eigenvalue weighted by atomic mass is 10.2. The summed E-state index contributed by atoms with van der Waals surface area (Å²) in [5.41, 5.74) is 1.94. The van der Waals surface area contributed by atoms with Crippen LogP contribution in [0.4, 0.5) is 16.2 Å². The van der Waals surface area contributed by atoms with Gasteiger partial charge in [-0.1, -0.05) is 0 Å². The van der Waals surface area contributed by atoms with Crippen LogP contribution in [-0.4, -0.2) is 51.1 Å². The Hall–Kier alpha value is -1.79. The predicted molar refractivity (Wildman–Crippen MR) is 96.8 cm³/mol. The molecule has 134 valence electrons. The molecule has 1 aromatic rings. The number of amides is 2. The average Bonchev–Trinajstić information content (AvgIpc) is 2.54. The summed E-state index contributed by atoms with van der Waals surface area (Å²) in [6.45, 7) is 9.90. The van der Waals surface area contributed by atoms with Crippen molar-refractivity contribution in [2.45, 2.75) is 39.4 Å². The summed E-state index contributed by atoms with van der Waals surface area (Å²) in [6, 6.07) is 7.75. The first kappa shape index (κ1) is 18.5. The molecule has 0 aliphatic carbocycles. The first-order valence-corrected chi connectivity index (χ1v) is 8.71. The Balaban J connectivity index is 1.78. The van der Waals surface area contributed by atoms with Crippen molar-refractivity contribution in [2.24, 2.45) is 0 Å². The third-order valence-corrected chi connectivity index (χ3v) is 3.87. The highest BCUT2D eigenvalue weighted by atomic mass is 16.5. The second kappa shape index (κ2) is 9.49. The smallest absolute Gasteiger partial charge is 0.319 e. The van der Waals surface area contributed by atoms with E-state index in [0.717, 1.165) is 30.9 Å². The predicted octanol–water partition coefficient (Wildman–Crippen LogP) is 2.85. The van der Waals surface area contributed by atoms with Crippen molar-refractivity contribution >= 4 is 17.4 Å². The molecule has 1 aliphatic heterocycles. The van der Waals surface area contributed by atoms with E-state index in [1.54, 1.807) is 0 Å². The molecule has 6 nitrogen and oxygen atoms in total. The lowest BCUT2D eigenvalue weighted by Crippen LogP contribution is -2.45. The molecule has 0 spiro atoms. The van der Waals surface area contributed by atoms with Gasteiger partial charge < -0.3 is 25.0 Å². The second-order valence-corrected chi connectivity index (χ2v) is 6.14. The maximum atomic E-state index is 11.8. The van der Waals surface area contributed by atoms with Crippen molar-refractivity contribution in [3.05, 3.63) is 24.3 Å². The summed E-state index contributed by atoms with van der Waals surface area (Å²) in [7, 11) is 0. The van der Waals surface area contributed by atoms with Gasteiger partial charge in [0, 0.05) is 44.2 Å². The summed E-state index contributed by atoms with van der Waals surface area (Å²) in [6.07, 6.45) is 1.27. The Kier molecular flexibility index (Phi) is 7.34. The Labute approximate surface area is 144 Å². The van der Waals surface area contributed by atoms with Crippen LogP contribution >= 0.6 is 0 Å². The van der Waals surface area contributed by atoms with Crippen molar-refractivity contribution in [2.75, 3.05) is 43.1 Å². The van der Waals surface area contributed by atoms with Gasteiger partial charge in [0.2, 0.25) is 0 Å². The average molecular weight is 335 g/mol. The van der Waals surface area contributed by atoms with E-state index in [0.29, 0.717) is 19.8 Å². The lowest BCUT2D eigenvalue weighted by molar-refractivity contribution is -0.00521. The van der Waals surface area contributed by atoms with Gasteiger partial charge in [0.25, 0.3) is 0 Å². The number of ether oxygens (including phenoxy) is 2. The summed E-state index contributed by atoms with van der Waals surface area (Å²) in [5.74, 6) is 0. The molecule has 2 amide bonds. The van der Waals surface area contributed by atoms with E-state index in [9.17, 15) is 4.79 Å². The molecular weight excluding hydrogens is 306 g/mol. The lowest BCUT2D eigenvalue weighted by Gasteiger charge is -2.36.